The SMILES string of the molecule is CC.CC.CC/C=C(/C(=C\N(C)c1ccc(OC)cc1)C(C)=O)c1ccc(C#N)cc1.CCCCCC(CCC)NC(=O)OC(C)(C)C. The lowest BCUT2D eigenvalue weighted by Gasteiger charge is -2.23. The standard InChI is InChI=1S/C23H24N2O2.C14H29NO2.2C2H6/c1-5-6-22(19-9-7-18(15-24)8-10-19)23(17(2)26)16-25(3)20-11-13-21(27-4)14-12-20;1-6-8-9-11-12(10-7-2)15-13(16)17-14(3,4)5;2*1-2/h6-14,16H,5H2,1-4H3;12H,6-11H2,1-5H3,(H,15,16);2*1-2H3/b22-6+,23-16-;;;. The molecule has 2 aromatic carbocycles. The highest BCUT2D eigenvalue weighted by molar-refractivity contribution is 6.09. The number of allylic oxidation sites excluding steroid dienone is 3. The Hall–Kier alpha value is -4.05. The van der Waals surface area contributed by atoms with Gasteiger partial charge in [-0.3, -0.25) is 4.79 Å². The molecule has 0 heterocycles. The second-order valence-corrected chi connectivity index (χ2v) is 11.8. The van der Waals surface area contributed by atoms with E-state index < -0.39 is 5.60 Å². The third-order valence-electron chi connectivity index (χ3n) is 6.72. The van der Waals surface area contributed by atoms with Crippen molar-refractivity contribution in [2.24, 2.45) is 0 Å². The first kappa shape index (κ1) is 46.1. The Morgan fingerprint density at radius 1 is 0.917 bits per heavy atom. The van der Waals surface area contributed by atoms with Crippen LogP contribution in [0.25, 0.3) is 5.57 Å². The van der Waals surface area contributed by atoms with Gasteiger partial charge in [0.25, 0.3) is 0 Å². The van der Waals surface area contributed by atoms with Crippen LogP contribution in [0, 0.1) is 11.3 Å². The highest BCUT2D eigenvalue weighted by Gasteiger charge is 2.19. The minimum absolute atomic E-state index is 0.0144. The largest absolute Gasteiger partial charge is 0.497 e. The van der Waals surface area contributed by atoms with Crippen molar-refractivity contribution in [3.63, 3.8) is 0 Å². The number of rotatable bonds is 14. The third-order valence-corrected chi connectivity index (χ3v) is 6.72. The molecule has 0 bridgehead atoms. The zero-order valence-electron chi connectivity index (χ0n) is 32.3. The summed E-state index contributed by atoms with van der Waals surface area (Å²) in [5.41, 5.74) is 3.54. The number of nitrogens with zero attached hydrogens (tertiary/aromatic N) is 2. The van der Waals surface area contributed by atoms with E-state index in [1.807, 2.05) is 116 Å². The molecule has 2 aromatic rings. The number of anilines is 1. The van der Waals surface area contributed by atoms with E-state index in [1.54, 1.807) is 26.2 Å². The Bertz CT molecular complexity index is 1250. The number of hydrogen-bond donors (Lipinski definition) is 1. The number of amides is 1. The summed E-state index contributed by atoms with van der Waals surface area (Å²) in [6.07, 6.45) is 11.2. The van der Waals surface area contributed by atoms with Crippen LogP contribution in [-0.2, 0) is 9.53 Å². The molecule has 0 aliphatic heterocycles. The molecule has 7 nitrogen and oxygen atoms in total. The molecule has 0 fully saturated rings. The number of ether oxygens (including phenoxy) is 2. The maximum absolute atomic E-state index is 12.4. The lowest BCUT2D eigenvalue weighted by atomic mass is 9.94. The van der Waals surface area contributed by atoms with E-state index in [4.69, 9.17) is 14.7 Å². The number of unbranched alkanes of at least 4 members (excludes halogenated alkanes) is 2. The highest BCUT2D eigenvalue weighted by Crippen LogP contribution is 2.27. The van der Waals surface area contributed by atoms with Gasteiger partial charge in [0.1, 0.15) is 11.4 Å². The highest BCUT2D eigenvalue weighted by atomic mass is 16.6. The normalized spacial score (nSPS) is 11.5. The Labute approximate surface area is 293 Å². The van der Waals surface area contributed by atoms with Gasteiger partial charge in [0, 0.05) is 30.5 Å². The second-order valence-electron chi connectivity index (χ2n) is 11.8. The van der Waals surface area contributed by atoms with E-state index in [-0.39, 0.29) is 17.9 Å². The van der Waals surface area contributed by atoms with Crippen LogP contribution in [0.2, 0.25) is 0 Å². The topological polar surface area (TPSA) is 91.7 Å². The van der Waals surface area contributed by atoms with E-state index in [0.717, 1.165) is 48.3 Å². The van der Waals surface area contributed by atoms with E-state index in [1.165, 1.54) is 19.3 Å². The van der Waals surface area contributed by atoms with Gasteiger partial charge in [-0.2, -0.15) is 5.26 Å². The summed E-state index contributed by atoms with van der Waals surface area (Å²) in [5.74, 6) is 0.770. The van der Waals surface area contributed by atoms with Crippen LogP contribution in [0.5, 0.6) is 5.75 Å². The summed E-state index contributed by atoms with van der Waals surface area (Å²) < 4.78 is 10.5. The second kappa shape index (κ2) is 27.0. The molecule has 268 valence electrons. The van der Waals surface area contributed by atoms with Crippen molar-refractivity contribution in [2.45, 2.75) is 133 Å². The number of carbonyl (C=O) groups is 2. The van der Waals surface area contributed by atoms with E-state index >= 15 is 0 Å². The molecule has 0 aliphatic rings. The Morgan fingerprint density at radius 2 is 1.50 bits per heavy atom. The van der Waals surface area contributed by atoms with Gasteiger partial charge in [-0.25, -0.2) is 4.79 Å². The van der Waals surface area contributed by atoms with Crippen LogP contribution in [0.15, 0.2) is 66.4 Å². The number of nitrogens with one attached hydrogen (secondary N) is 1. The number of ketones is 1. The van der Waals surface area contributed by atoms with Crippen LogP contribution < -0.4 is 15.0 Å². The van der Waals surface area contributed by atoms with Gasteiger partial charge in [-0.15, -0.1) is 0 Å². The molecular weight excluding hydrogens is 598 g/mol. The average Bonchev–Trinajstić information content (AvgIpc) is 3.07. The molecule has 7 heteroatoms. The quantitative estimate of drug-likeness (QED) is 0.123. The minimum Gasteiger partial charge on any atom is -0.497 e. The molecule has 0 saturated heterocycles. The number of methoxy groups -OCH3 is 1. The smallest absolute Gasteiger partial charge is 0.407 e. The Balaban J connectivity index is 0. The molecular formula is C41H65N3O4. The molecule has 0 saturated carbocycles. The zero-order valence-corrected chi connectivity index (χ0v) is 32.3. The first-order chi connectivity index (χ1) is 22.9. The lowest BCUT2D eigenvalue weighted by molar-refractivity contribution is -0.113. The van der Waals surface area contributed by atoms with E-state index in [2.05, 4.69) is 25.2 Å². The fourth-order valence-corrected chi connectivity index (χ4v) is 4.50. The fourth-order valence-electron chi connectivity index (χ4n) is 4.50. The summed E-state index contributed by atoms with van der Waals surface area (Å²) in [7, 11) is 3.54. The number of nitriles is 1. The Kier molecular flexibility index (Phi) is 25.9. The molecule has 0 aromatic heterocycles. The molecule has 1 amide bonds. The van der Waals surface area contributed by atoms with Gasteiger partial charge in [0.05, 0.1) is 18.7 Å². The molecule has 48 heavy (non-hydrogen) atoms. The molecule has 0 aliphatic carbocycles. The minimum atomic E-state index is -0.412. The monoisotopic (exact) mass is 663 g/mol. The number of alkyl carbamates (subject to hydrolysis) is 1. The average molecular weight is 664 g/mol. The van der Waals surface area contributed by atoms with Crippen LogP contribution >= 0.6 is 0 Å². The number of benzene rings is 2. The van der Waals surface area contributed by atoms with Crippen LogP contribution in [0.3, 0.4) is 0 Å². The van der Waals surface area contributed by atoms with Crippen LogP contribution in [0.1, 0.15) is 132 Å². The predicted octanol–water partition coefficient (Wildman–Crippen LogP) is 11.3. The van der Waals surface area contributed by atoms with Crippen molar-refractivity contribution in [3.05, 3.63) is 77.5 Å². The molecule has 1 N–H and O–H groups in total. The summed E-state index contributed by atoms with van der Waals surface area (Å²) >= 11 is 0. The predicted molar refractivity (Wildman–Crippen MR) is 204 cm³/mol. The van der Waals surface area contributed by atoms with Gasteiger partial charge in [-0.1, -0.05) is 92.4 Å². The molecule has 0 radical (unpaired) electrons. The summed E-state index contributed by atoms with van der Waals surface area (Å²) in [6.45, 7) is 21.6. The van der Waals surface area contributed by atoms with Crippen LogP contribution in [-0.4, -0.2) is 37.7 Å². The molecule has 1 atom stereocenters. The Morgan fingerprint density at radius 3 is 1.94 bits per heavy atom. The third kappa shape index (κ3) is 19.6. The molecule has 2 rings (SSSR count). The van der Waals surface area contributed by atoms with Crippen molar-refractivity contribution in [2.75, 3.05) is 19.1 Å². The summed E-state index contributed by atoms with van der Waals surface area (Å²) in [4.78, 5) is 26.0. The molecule has 1 unspecified atom stereocenters. The molecule has 0 spiro atoms. The fraction of sp³-hybridized carbons (Fsp3) is 0.537. The van der Waals surface area contributed by atoms with Gasteiger partial charge in [-0.05, 0) is 94.5 Å². The summed E-state index contributed by atoms with van der Waals surface area (Å²) in [5, 5.41) is 12.0. The van der Waals surface area contributed by atoms with E-state index in [0.29, 0.717) is 11.1 Å². The van der Waals surface area contributed by atoms with Crippen molar-refractivity contribution >= 4 is 23.1 Å². The van der Waals surface area contributed by atoms with Gasteiger partial charge >= 0.3 is 6.09 Å². The number of hydrogen-bond acceptors (Lipinski definition) is 6. The number of carbonyl (C=O) groups excluding carboxylic acids is 2. The maximum atomic E-state index is 12.4. The zero-order chi connectivity index (χ0) is 37.1. The van der Waals surface area contributed by atoms with Crippen LogP contribution in [0.4, 0.5) is 10.5 Å². The van der Waals surface area contributed by atoms with Gasteiger partial charge < -0.3 is 19.7 Å². The lowest BCUT2D eigenvalue weighted by Crippen LogP contribution is -2.39. The first-order valence-corrected chi connectivity index (χ1v) is 17.7. The van der Waals surface area contributed by atoms with Crippen molar-refractivity contribution in [1.29, 1.82) is 5.26 Å². The van der Waals surface area contributed by atoms with Gasteiger partial charge in [0.15, 0.2) is 5.78 Å². The van der Waals surface area contributed by atoms with Crippen molar-refractivity contribution in [1.82, 2.24) is 5.32 Å². The van der Waals surface area contributed by atoms with Crippen molar-refractivity contribution < 1.29 is 19.1 Å². The first-order valence-electron chi connectivity index (χ1n) is 17.7. The van der Waals surface area contributed by atoms with E-state index in [9.17, 15) is 9.59 Å². The van der Waals surface area contributed by atoms with Crippen molar-refractivity contribution in [3.8, 4) is 11.8 Å². The summed E-state index contributed by atoms with van der Waals surface area (Å²) in [6, 6.07) is 17.3. The number of Topliss-reactive ketones (excluding diaryl/α,β-unsaturated/α-hetero) is 1. The maximum Gasteiger partial charge on any atom is 0.407 e. The van der Waals surface area contributed by atoms with Gasteiger partial charge in [0.2, 0.25) is 0 Å².